The molecule has 1 aromatic carbocycles. The fourth-order valence-electron chi connectivity index (χ4n) is 1.19. The van der Waals surface area contributed by atoms with Crippen molar-refractivity contribution in [1.29, 1.82) is 0 Å². The highest BCUT2D eigenvalue weighted by atomic mass is 79.9. The van der Waals surface area contributed by atoms with Crippen molar-refractivity contribution < 1.29 is 4.39 Å². The highest BCUT2D eigenvalue weighted by molar-refractivity contribution is 9.10. The molecule has 0 aliphatic heterocycles. The Hall–Kier alpha value is -0.810. The monoisotopic (exact) mass is 330 g/mol. The maximum atomic E-state index is 13.6. The molecule has 2 rings (SSSR count). The summed E-state index contributed by atoms with van der Waals surface area (Å²) in [5, 5.41) is 0. The molecule has 0 saturated heterocycles. The summed E-state index contributed by atoms with van der Waals surface area (Å²) in [4.78, 5) is 7.62. The molecule has 1 heterocycles. The molecular weight excluding hydrogens is 327 g/mol. The van der Waals surface area contributed by atoms with Gasteiger partial charge in [-0.25, -0.2) is 14.4 Å². The van der Waals surface area contributed by atoms with Gasteiger partial charge in [0.2, 0.25) is 0 Å². The van der Waals surface area contributed by atoms with E-state index in [1.54, 1.807) is 12.1 Å². The summed E-state index contributed by atoms with van der Waals surface area (Å²) in [5.41, 5.74) is 1.00. The number of hydrogen-bond acceptors (Lipinski definition) is 2. The second-order valence-electron chi connectivity index (χ2n) is 2.84. The van der Waals surface area contributed by atoms with Crippen molar-refractivity contribution in [1.82, 2.24) is 9.97 Å². The summed E-state index contributed by atoms with van der Waals surface area (Å²) >= 11 is 6.35. The zero-order chi connectivity index (χ0) is 10.8. The Morgan fingerprint density at radius 3 is 2.67 bits per heavy atom. The van der Waals surface area contributed by atoms with Crippen LogP contribution in [0.25, 0.3) is 11.3 Å². The largest absolute Gasteiger partial charge is 0.233 e. The number of hydrogen-bond donors (Lipinski definition) is 0. The SMILES string of the molecule is Fc1c(Br)ncnc1-c1cccc(Br)c1. The van der Waals surface area contributed by atoms with Gasteiger partial charge in [-0.3, -0.25) is 0 Å². The predicted octanol–water partition coefficient (Wildman–Crippen LogP) is 3.81. The van der Waals surface area contributed by atoms with Crippen LogP contribution in [-0.2, 0) is 0 Å². The Labute approximate surface area is 103 Å². The summed E-state index contributed by atoms with van der Waals surface area (Å²) in [6.07, 6.45) is 1.32. The summed E-state index contributed by atoms with van der Waals surface area (Å²) in [6, 6.07) is 7.30. The van der Waals surface area contributed by atoms with Gasteiger partial charge in [-0.1, -0.05) is 28.1 Å². The molecule has 0 radical (unpaired) electrons. The third kappa shape index (κ3) is 2.23. The lowest BCUT2D eigenvalue weighted by molar-refractivity contribution is 0.609. The van der Waals surface area contributed by atoms with Crippen LogP contribution in [0.5, 0.6) is 0 Å². The van der Waals surface area contributed by atoms with Gasteiger partial charge in [0.25, 0.3) is 0 Å². The van der Waals surface area contributed by atoms with E-state index in [9.17, 15) is 4.39 Å². The van der Waals surface area contributed by atoms with Crippen molar-refractivity contribution >= 4 is 31.9 Å². The van der Waals surface area contributed by atoms with Gasteiger partial charge in [-0.2, -0.15) is 0 Å². The molecule has 0 unspecified atom stereocenters. The molecule has 0 aliphatic rings. The first-order valence-corrected chi connectivity index (χ1v) is 5.69. The molecule has 1 aromatic heterocycles. The van der Waals surface area contributed by atoms with Crippen LogP contribution < -0.4 is 0 Å². The Morgan fingerprint density at radius 2 is 1.93 bits per heavy atom. The number of rotatable bonds is 1. The summed E-state index contributed by atoms with van der Waals surface area (Å²) < 4.78 is 14.7. The van der Waals surface area contributed by atoms with Crippen LogP contribution in [0.4, 0.5) is 4.39 Å². The van der Waals surface area contributed by atoms with Gasteiger partial charge in [0, 0.05) is 10.0 Å². The predicted molar refractivity (Wildman–Crippen MR) is 62.8 cm³/mol. The lowest BCUT2D eigenvalue weighted by Crippen LogP contribution is -1.92. The minimum Gasteiger partial charge on any atom is -0.233 e. The van der Waals surface area contributed by atoms with E-state index < -0.39 is 5.82 Å². The first-order valence-electron chi connectivity index (χ1n) is 4.10. The molecule has 0 N–H and O–H groups in total. The summed E-state index contributed by atoms with van der Waals surface area (Å²) in [6.45, 7) is 0. The molecule has 0 saturated carbocycles. The fraction of sp³-hybridized carbons (Fsp3) is 0. The maximum absolute atomic E-state index is 13.6. The highest BCUT2D eigenvalue weighted by Gasteiger charge is 2.10. The molecule has 0 bridgehead atoms. The molecule has 15 heavy (non-hydrogen) atoms. The van der Waals surface area contributed by atoms with Gasteiger partial charge >= 0.3 is 0 Å². The van der Waals surface area contributed by atoms with E-state index >= 15 is 0 Å². The molecule has 0 amide bonds. The number of aromatic nitrogens is 2. The van der Waals surface area contributed by atoms with Crippen LogP contribution in [0.3, 0.4) is 0 Å². The molecule has 0 spiro atoms. The topological polar surface area (TPSA) is 25.8 Å². The van der Waals surface area contributed by atoms with Gasteiger partial charge in [0.1, 0.15) is 16.6 Å². The molecule has 76 valence electrons. The quantitative estimate of drug-likeness (QED) is 0.743. The van der Waals surface area contributed by atoms with Gasteiger partial charge in [-0.15, -0.1) is 0 Å². The van der Waals surface area contributed by atoms with E-state index in [0.717, 1.165) is 4.47 Å². The van der Waals surface area contributed by atoms with Crippen molar-refractivity contribution in [3.63, 3.8) is 0 Å². The first-order chi connectivity index (χ1) is 7.18. The third-order valence-corrected chi connectivity index (χ3v) is 2.89. The molecule has 2 aromatic rings. The lowest BCUT2D eigenvalue weighted by Gasteiger charge is -2.03. The molecule has 0 atom stereocenters. The van der Waals surface area contributed by atoms with Crippen LogP contribution in [0, 0.1) is 5.82 Å². The zero-order valence-corrected chi connectivity index (χ0v) is 10.6. The summed E-state index contributed by atoms with van der Waals surface area (Å²) in [5.74, 6) is -0.449. The smallest absolute Gasteiger partial charge is 0.182 e. The molecular formula is C10H5Br2FN2. The molecule has 5 heteroatoms. The van der Waals surface area contributed by atoms with Crippen molar-refractivity contribution in [2.24, 2.45) is 0 Å². The van der Waals surface area contributed by atoms with Crippen molar-refractivity contribution in [2.75, 3.05) is 0 Å². The van der Waals surface area contributed by atoms with Crippen LogP contribution in [0.2, 0.25) is 0 Å². The minimum atomic E-state index is -0.449. The van der Waals surface area contributed by atoms with E-state index in [4.69, 9.17) is 0 Å². The van der Waals surface area contributed by atoms with E-state index in [1.165, 1.54) is 6.33 Å². The average Bonchev–Trinajstić information content (AvgIpc) is 2.22. The zero-order valence-electron chi connectivity index (χ0n) is 7.42. The van der Waals surface area contributed by atoms with Gasteiger partial charge in [0.15, 0.2) is 5.82 Å². The highest BCUT2D eigenvalue weighted by Crippen LogP contribution is 2.25. The van der Waals surface area contributed by atoms with E-state index in [2.05, 4.69) is 41.8 Å². The van der Waals surface area contributed by atoms with Crippen LogP contribution >= 0.6 is 31.9 Å². The van der Waals surface area contributed by atoms with Crippen molar-refractivity contribution in [2.45, 2.75) is 0 Å². The van der Waals surface area contributed by atoms with Gasteiger partial charge in [0.05, 0.1) is 0 Å². The van der Waals surface area contributed by atoms with Crippen molar-refractivity contribution in [3.8, 4) is 11.3 Å². The minimum absolute atomic E-state index is 0.174. The Balaban J connectivity index is 2.59. The number of halogens is 3. The Bertz CT molecular complexity index is 503. The van der Waals surface area contributed by atoms with Crippen LogP contribution in [-0.4, -0.2) is 9.97 Å². The Kier molecular flexibility index (Phi) is 3.11. The number of nitrogens with zero attached hydrogens (tertiary/aromatic N) is 2. The standard InChI is InChI=1S/C10H5Br2FN2/c11-7-3-1-2-6(4-7)9-8(13)10(12)15-5-14-9/h1-5H. The van der Waals surface area contributed by atoms with E-state index in [1.807, 2.05) is 12.1 Å². The molecule has 0 aliphatic carbocycles. The normalized spacial score (nSPS) is 10.3. The fourth-order valence-corrected chi connectivity index (χ4v) is 1.86. The van der Waals surface area contributed by atoms with Crippen molar-refractivity contribution in [3.05, 3.63) is 45.5 Å². The average molecular weight is 332 g/mol. The second kappa shape index (κ2) is 4.37. The van der Waals surface area contributed by atoms with E-state index in [0.29, 0.717) is 5.56 Å². The van der Waals surface area contributed by atoms with Crippen LogP contribution in [0.1, 0.15) is 0 Å². The Morgan fingerprint density at radius 1 is 1.13 bits per heavy atom. The molecule has 2 nitrogen and oxygen atoms in total. The molecule has 0 fully saturated rings. The van der Waals surface area contributed by atoms with Gasteiger partial charge in [-0.05, 0) is 28.1 Å². The lowest BCUT2D eigenvalue weighted by atomic mass is 10.1. The maximum Gasteiger partial charge on any atom is 0.182 e. The van der Waals surface area contributed by atoms with Gasteiger partial charge < -0.3 is 0 Å². The third-order valence-electron chi connectivity index (χ3n) is 1.84. The summed E-state index contributed by atoms with van der Waals surface area (Å²) in [7, 11) is 0. The number of benzene rings is 1. The first kappa shape index (κ1) is 10.7. The van der Waals surface area contributed by atoms with E-state index in [-0.39, 0.29) is 10.3 Å². The van der Waals surface area contributed by atoms with Crippen LogP contribution in [0.15, 0.2) is 39.7 Å². The second-order valence-corrected chi connectivity index (χ2v) is 4.50.